The molecule has 0 atom stereocenters. The molecule has 6 aromatic carbocycles. The number of hydrogen-bond acceptors (Lipinski definition) is 3. The van der Waals surface area contributed by atoms with Gasteiger partial charge >= 0.3 is 0 Å². The molecule has 1 spiro atoms. The molecule has 246 valence electrons. The standard InChI is InChI=1S/C49H35N3/c1-3-32(30-50)19-20-34-11-9-12-35(25-34)37-21-23-42-43-24-22-38(36-13-10-14-39(27-36)48(52)26-33(4-2)31-51)29-47(43)49(46(42)28-37)44-17-7-5-15-40(44)41-16-6-8-18-45(41)49/h3-19,21-29H,1,20,52H2,2H3/b32-19+,33-4+,48-26-. The molecule has 3 nitrogen and oxygen atoms in total. The van der Waals surface area contributed by atoms with Crippen LogP contribution in [0.25, 0.3) is 50.2 Å². The van der Waals surface area contributed by atoms with Gasteiger partial charge in [0.05, 0.1) is 17.6 Å². The van der Waals surface area contributed by atoms with Gasteiger partial charge in [-0.2, -0.15) is 10.5 Å². The Hall–Kier alpha value is -6.94. The number of nitriles is 2. The zero-order valence-corrected chi connectivity index (χ0v) is 28.9. The lowest BCUT2D eigenvalue weighted by molar-refractivity contribution is 0.794. The van der Waals surface area contributed by atoms with Crippen LogP contribution in [0.15, 0.2) is 175 Å². The number of nitrogens with zero attached hydrogens (tertiary/aromatic N) is 2. The molecule has 0 saturated heterocycles. The van der Waals surface area contributed by atoms with Gasteiger partial charge in [-0.05, 0) is 116 Å². The second kappa shape index (κ2) is 13.1. The quantitative estimate of drug-likeness (QED) is 0.136. The Morgan fingerprint density at radius 3 is 1.73 bits per heavy atom. The van der Waals surface area contributed by atoms with E-state index in [1.807, 2.05) is 25.1 Å². The van der Waals surface area contributed by atoms with E-state index in [4.69, 9.17) is 5.73 Å². The molecule has 0 unspecified atom stereocenters. The van der Waals surface area contributed by atoms with Gasteiger partial charge in [-0.25, -0.2) is 0 Å². The summed E-state index contributed by atoms with van der Waals surface area (Å²) < 4.78 is 0. The van der Waals surface area contributed by atoms with E-state index in [2.05, 4.69) is 140 Å². The lowest BCUT2D eigenvalue weighted by Crippen LogP contribution is -2.26. The maximum Gasteiger partial charge on any atom is 0.0988 e. The van der Waals surface area contributed by atoms with Crippen molar-refractivity contribution in [2.24, 2.45) is 5.73 Å². The Morgan fingerprint density at radius 2 is 1.15 bits per heavy atom. The molecule has 8 rings (SSSR count). The first kappa shape index (κ1) is 32.3. The monoisotopic (exact) mass is 665 g/mol. The number of hydrogen-bond donors (Lipinski definition) is 1. The summed E-state index contributed by atoms with van der Waals surface area (Å²) in [4.78, 5) is 0. The normalized spacial score (nSPS) is 13.8. The molecule has 3 heteroatoms. The first-order chi connectivity index (χ1) is 25.5. The minimum absolute atomic E-state index is 0.514. The van der Waals surface area contributed by atoms with Gasteiger partial charge in [-0.1, -0.05) is 140 Å². The highest BCUT2D eigenvalue weighted by Gasteiger charge is 2.51. The Balaban J connectivity index is 1.32. The van der Waals surface area contributed by atoms with Gasteiger partial charge in [0.15, 0.2) is 0 Å². The van der Waals surface area contributed by atoms with Crippen LogP contribution in [0.2, 0.25) is 0 Å². The molecule has 6 aromatic rings. The lowest BCUT2D eigenvalue weighted by atomic mass is 9.70. The van der Waals surface area contributed by atoms with Gasteiger partial charge in [0, 0.05) is 16.8 Å². The Kier molecular flexibility index (Phi) is 8.11. The third-order valence-corrected chi connectivity index (χ3v) is 10.5. The van der Waals surface area contributed by atoms with Crippen LogP contribution in [0.5, 0.6) is 0 Å². The second-order valence-corrected chi connectivity index (χ2v) is 13.3. The summed E-state index contributed by atoms with van der Waals surface area (Å²) in [6.07, 6.45) is 7.68. The first-order valence-corrected chi connectivity index (χ1v) is 17.5. The van der Waals surface area contributed by atoms with Crippen LogP contribution in [0.4, 0.5) is 0 Å². The molecule has 0 fully saturated rings. The van der Waals surface area contributed by atoms with Crippen LogP contribution in [-0.4, -0.2) is 0 Å². The molecule has 0 aliphatic heterocycles. The van der Waals surface area contributed by atoms with Crippen molar-refractivity contribution in [1.29, 1.82) is 10.5 Å². The Labute approximate surface area is 305 Å². The zero-order valence-electron chi connectivity index (χ0n) is 28.9. The SMILES string of the molecule is C=C/C(C#N)=C\Cc1cccc(-c2ccc3c(c2)C2(c4ccccc4-c4ccccc42)c2cc(-c4cccc(/C(N)=C/C(C#N)=C\C)c4)ccc2-3)c1. The van der Waals surface area contributed by atoms with Gasteiger partial charge in [-0.15, -0.1) is 0 Å². The highest BCUT2D eigenvalue weighted by atomic mass is 14.6. The number of rotatable bonds is 7. The van der Waals surface area contributed by atoms with Crippen molar-refractivity contribution < 1.29 is 0 Å². The predicted octanol–water partition coefficient (Wildman–Crippen LogP) is 11.3. The third-order valence-electron chi connectivity index (χ3n) is 10.5. The molecule has 0 bridgehead atoms. The fourth-order valence-electron chi connectivity index (χ4n) is 8.09. The molecule has 52 heavy (non-hydrogen) atoms. The highest BCUT2D eigenvalue weighted by molar-refractivity contribution is 5.97. The summed E-state index contributed by atoms with van der Waals surface area (Å²) >= 11 is 0. The molecular weight excluding hydrogens is 631 g/mol. The summed E-state index contributed by atoms with van der Waals surface area (Å²) in [5.41, 5.74) is 24.2. The molecule has 0 aromatic heterocycles. The summed E-state index contributed by atoms with van der Waals surface area (Å²) in [6, 6.07) is 52.7. The summed E-state index contributed by atoms with van der Waals surface area (Å²) in [7, 11) is 0. The van der Waals surface area contributed by atoms with Crippen molar-refractivity contribution in [2.75, 3.05) is 0 Å². The van der Waals surface area contributed by atoms with Crippen molar-refractivity contribution in [2.45, 2.75) is 18.8 Å². The van der Waals surface area contributed by atoms with E-state index in [1.165, 1.54) is 44.5 Å². The molecular formula is C49H35N3. The number of nitrogens with two attached hydrogens (primary N) is 1. The third kappa shape index (κ3) is 5.11. The van der Waals surface area contributed by atoms with Crippen molar-refractivity contribution in [3.05, 3.63) is 209 Å². The second-order valence-electron chi connectivity index (χ2n) is 13.3. The van der Waals surface area contributed by atoms with Crippen LogP contribution in [-0.2, 0) is 11.8 Å². The summed E-state index contributed by atoms with van der Waals surface area (Å²) in [6.45, 7) is 5.60. The maximum absolute atomic E-state index is 9.48. The van der Waals surface area contributed by atoms with Gasteiger partial charge in [0.2, 0.25) is 0 Å². The Bertz CT molecular complexity index is 2570. The van der Waals surface area contributed by atoms with Crippen molar-refractivity contribution in [3.63, 3.8) is 0 Å². The van der Waals surface area contributed by atoms with Crippen LogP contribution >= 0.6 is 0 Å². The molecule has 2 aliphatic rings. The van der Waals surface area contributed by atoms with Crippen LogP contribution in [0.3, 0.4) is 0 Å². The number of allylic oxidation sites excluding steroid dienone is 6. The molecule has 0 saturated carbocycles. The topological polar surface area (TPSA) is 73.6 Å². The van der Waals surface area contributed by atoms with Crippen molar-refractivity contribution >= 4 is 5.70 Å². The van der Waals surface area contributed by atoms with Crippen molar-refractivity contribution in [3.8, 4) is 56.6 Å². The summed E-state index contributed by atoms with van der Waals surface area (Å²) in [5.74, 6) is 0. The van der Waals surface area contributed by atoms with Gasteiger partial charge in [0.1, 0.15) is 0 Å². The maximum atomic E-state index is 9.48. The molecule has 2 N–H and O–H groups in total. The van der Waals surface area contributed by atoms with E-state index in [0.717, 1.165) is 33.4 Å². The van der Waals surface area contributed by atoms with E-state index in [9.17, 15) is 10.5 Å². The average molecular weight is 666 g/mol. The average Bonchev–Trinajstić information content (AvgIpc) is 3.67. The molecule has 0 radical (unpaired) electrons. The minimum Gasteiger partial charge on any atom is -0.398 e. The molecule has 0 heterocycles. The zero-order chi connectivity index (χ0) is 35.8. The predicted molar refractivity (Wildman–Crippen MR) is 213 cm³/mol. The van der Waals surface area contributed by atoms with Gasteiger partial charge in [-0.3, -0.25) is 0 Å². The Morgan fingerprint density at radius 1 is 0.615 bits per heavy atom. The first-order valence-electron chi connectivity index (χ1n) is 17.5. The van der Waals surface area contributed by atoms with Crippen LogP contribution in [0.1, 0.15) is 40.3 Å². The van der Waals surface area contributed by atoms with E-state index >= 15 is 0 Å². The smallest absolute Gasteiger partial charge is 0.0988 e. The van der Waals surface area contributed by atoms with E-state index in [-0.39, 0.29) is 0 Å². The van der Waals surface area contributed by atoms with E-state index in [1.54, 1.807) is 18.2 Å². The molecule has 2 aliphatic carbocycles. The fourth-order valence-corrected chi connectivity index (χ4v) is 8.09. The molecule has 0 amide bonds. The van der Waals surface area contributed by atoms with Gasteiger partial charge < -0.3 is 5.73 Å². The lowest BCUT2D eigenvalue weighted by Gasteiger charge is -2.31. The van der Waals surface area contributed by atoms with E-state index in [0.29, 0.717) is 23.3 Å². The van der Waals surface area contributed by atoms with Crippen LogP contribution in [0, 0.1) is 22.7 Å². The minimum atomic E-state index is -0.514. The number of fused-ring (bicyclic) bond motifs is 10. The number of benzene rings is 6. The largest absolute Gasteiger partial charge is 0.398 e. The fraction of sp³-hybridized carbons (Fsp3) is 0.0612. The van der Waals surface area contributed by atoms with Crippen LogP contribution < -0.4 is 5.73 Å². The summed E-state index contributed by atoms with van der Waals surface area (Å²) in [5, 5.41) is 18.9. The van der Waals surface area contributed by atoms with E-state index < -0.39 is 5.41 Å². The van der Waals surface area contributed by atoms with Crippen molar-refractivity contribution in [1.82, 2.24) is 0 Å². The van der Waals surface area contributed by atoms with Gasteiger partial charge in [0.25, 0.3) is 0 Å². The highest BCUT2D eigenvalue weighted by Crippen LogP contribution is 2.63.